The highest BCUT2D eigenvalue weighted by atomic mass is 32.1. The van der Waals surface area contributed by atoms with Crippen LogP contribution in [0.5, 0.6) is 0 Å². The molecular weight excluding hydrogens is 104 g/mol. The van der Waals surface area contributed by atoms with Gasteiger partial charge in [0, 0.05) is 0 Å². The summed E-state index contributed by atoms with van der Waals surface area (Å²) in [6, 6.07) is 0. The van der Waals surface area contributed by atoms with Crippen molar-refractivity contribution < 1.29 is 0 Å². The summed E-state index contributed by atoms with van der Waals surface area (Å²) in [4.78, 5) is 1.01. The topological polar surface area (TPSA) is 0 Å². The summed E-state index contributed by atoms with van der Waals surface area (Å²) in [7, 11) is 0. The molecule has 0 radical (unpaired) electrons. The van der Waals surface area contributed by atoms with E-state index in [-0.39, 0.29) is 0 Å². The lowest BCUT2D eigenvalue weighted by molar-refractivity contribution is 1.52. The minimum atomic E-state index is 1.01. The molecule has 0 nitrogen and oxygen atoms in total. The molecule has 0 aromatic carbocycles. The van der Waals surface area contributed by atoms with Gasteiger partial charge in [-0.1, -0.05) is 18.2 Å². The highest BCUT2D eigenvalue weighted by Gasteiger charge is 1.74. The van der Waals surface area contributed by atoms with Gasteiger partial charge in [-0.05, 0) is 18.8 Å². The van der Waals surface area contributed by atoms with E-state index in [1.807, 2.05) is 19.9 Å². The van der Waals surface area contributed by atoms with Crippen molar-refractivity contribution in [3.63, 3.8) is 0 Å². The van der Waals surface area contributed by atoms with E-state index in [9.17, 15) is 0 Å². The first-order valence-corrected chi connectivity index (χ1v) is 2.60. The van der Waals surface area contributed by atoms with E-state index >= 15 is 0 Å². The van der Waals surface area contributed by atoms with Crippen LogP contribution in [0.2, 0.25) is 0 Å². The summed E-state index contributed by atoms with van der Waals surface area (Å²) in [5, 5.41) is 0. The van der Waals surface area contributed by atoms with Gasteiger partial charge in [0.05, 0.1) is 0 Å². The molecule has 0 aromatic rings. The van der Waals surface area contributed by atoms with E-state index < -0.39 is 0 Å². The number of allylic oxidation sites excluding steroid dienone is 3. The molecule has 0 fully saturated rings. The molecule has 0 amide bonds. The average molecular weight is 114 g/mol. The van der Waals surface area contributed by atoms with E-state index in [2.05, 4.69) is 19.2 Å². The molecule has 40 valence electrons. The third-order valence-electron chi connectivity index (χ3n) is 0.455. The quantitative estimate of drug-likeness (QED) is 0.393. The lowest BCUT2D eigenvalue weighted by Crippen LogP contribution is -1.61. The summed E-state index contributed by atoms with van der Waals surface area (Å²) < 4.78 is 0. The van der Waals surface area contributed by atoms with Gasteiger partial charge in [-0.3, -0.25) is 0 Å². The number of thiol groups is 1. The largest absolute Gasteiger partial charge is 0.148 e. The van der Waals surface area contributed by atoms with E-state index in [0.717, 1.165) is 10.5 Å². The molecule has 0 saturated carbocycles. The second kappa shape index (κ2) is 2.92. The maximum Gasteiger partial charge on any atom is -0.0213 e. The molecular formula is C6H10S. The number of hydrogen-bond donors (Lipinski definition) is 1. The highest BCUT2D eigenvalue weighted by Crippen LogP contribution is 2.00. The molecule has 0 unspecified atom stereocenters. The predicted molar refractivity (Wildman–Crippen MR) is 37.6 cm³/mol. The van der Waals surface area contributed by atoms with Crippen LogP contribution < -0.4 is 0 Å². The molecule has 0 heterocycles. The van der Waals surface area contributed by atoms with Crippen LogP contribution in [-0.2, 0) is 0 Å². The van der Waals surface area contributed by atoms with Crippen molar-refractivity contribution in [3.8, 4) is 0 Å². The van der Waals surface area contributed by atoms with Gasteiger partial charge in [0.1, 0.15) is 0 Å². The Kier molecular flexibility index (Phi) is 2.84. The van der Waals surface area contributed by atoms with Gasteiger partial charge in [-0.25, -0.2) is 0 Å². The molecule has 0 atom stereocenters. The van der Waals surface area contributed by atoms with Crippen LogP contribution in [0.4, 0.5) is 0 Å². The Morgan fingerprint density at radius 2 is 2.00 bits per heavy atom. The van der Waals surface area contributed by atoms with Gasteiger partial charge < -0.3 is 0 Å². The van der Waals surface area contributed by atoms with Crippen LogP contribution in [0.1, 0.15) is 13.8 Å². The standard InChI is InChI=1S/C6H10S/c1-5(2)4-6(3)7/h4,7H,1H2,2-3H3/b6-4-. The van der Waals surface area contributed by atoms with Gasteiger partial charge in [0.25, 0.3) is 0 Å². The molecule has 0 aliphatic rings. The van der Waals surface area contributed by atoms with Gasteiger partial charge in [0.2, 0.25) is 0 Å². The normalized spacial score (nSPS) is 11.6. The third-order valence-corrected chi connectivity index (χ3v) is 0.584. The summed E-state index contributed by atoms with van der Waals surface area (Å²) in [5.41, 5.74) is 1.05. The van der Waals surface area contributed by atoms with Crippen LogP contribution >= 0.6 is 12.6 Å². The van der Waals surface area contributed by atoms with E-state index in [0.29, 0.717) is 0 Å². The Hall–Kier alpha value is -0.170. The van der Waals surface area contributed by atoms with Gasteiger partial charge in [0.15, 0.2) is 0 Å². The molecule has 0 bridgehead atoms. The first kappa shape index (κ1) is 6.83. The van der Waals surface area contributed by atoms with Crippen LogP contribution in [0.15, 0.2) is 23.1 Å². The van der Waals surface area contributed by atoms with Crippen molar-refractivity contribution in [2.75, 3.05) is 0 Å². The number of rotatable bonds is 1. The molecule has 1 heteroatoms. The average Bonchev–Trinajstić information content (AvgIpc) is 1.27. The fraction of sp³-hybridized carbons (Fsp3) is 0.333. The smallest absolute Gasteiger partial charge is 0.0213 e. The molecule has 0 aliphatic heterocycles. The maximum atomic E-state index is 4.04. The zero-order valence-electron chi connectivity index (χ0n) is 4.73. The highest BCUT2D eigenvalue weighted by molar-refractivity contribution is 7.84. The lowest BCUT2D eigenvalue weighted by Gasteiger charge is -1.84. The Balaban J connectivity index is 3.68. The third kappa shape index (κ3) is 5.83. The zero-order chi connectivity index (χ0) is 5.86. The van der Waals surface area contributed by atoms with Crippen LogP contribution in [0.3, 0.4) is 0 Å². The van der Waals surface area contributed by atoms with Crippen LogP contribution in [-0.4, -0.2) is 0 Å². The van der Waals surface area contributed by atoms with E-state index in [4.69, 9.17) is 0 Å². The predicted octanol–water partition coefficient (Wildman–Crippen LogP) is 2.40. The Morgan fingerprint density at radius 3 is 2.00 bits per heavy atom. The van der Waals surface area contributed by atoms with Crippen molar-refractivity contribution in [2.45, 2.75) is 13.8 Å². The first-order valence-electron chi connectivity index (χ1n) is 2.15. The van der Waals surface area contributed by atoms with Crippen molar-refractivity contribution in [2.24, 2.45) is 0 Å². The first-order chi connectivity index (χ1) is 3.13. The summed E-state index contributed by atoms with van der Waals surface area (Å²) in [5.74, 6) is 0. The Bertz CT molecular complexity index is 96.7. The van der Waals surface area contributed by atoms with E-state index in [1.165, 1.54) is 0 Å². The van der Waals surface area contributed by atoms with Crippen molar-refractivity contribution in [1.82, 2.24) is 0 Å². The van der Waals surface area contributed by atoms with Crippen LogP contribution in [0.25, 0.3) is 0 Å². The Labute approximate surface area is 50.3 Å². The summed E-state index contributed by atoms with van der Waals surface area (Å²) in [6.45, 7) is 7.54. The van der Waals surface area contributed by atoms with Crippen molar-refractivity contribution in [1.29, 1.82) is 0 Å². The zero-order valence-corrected chi connectivity index (χ0v) is 5.63. The minimum Gasteiger partial charge on any atom is -0.148 e. The molecule has 0 saturated heterocycles. The van der Waals surface area contributed by atoms with Crippen molar-refractivity contribution >= 4 is 12.6 Å². The molecule has 7 heavy (non-hydrogen) atoms. The van der Waals surface area contributed by atoms with Gasteiger partial charge in [-0.15, -0.1) is 12.6 Å². The second-order valence-corrected chi connectivity index (χ2v) is 2.34. The molecule has 0 rings (SSSR count). The molecule has 0 aromatic heterocycles. The Morgan fingerprint density at radius 1 is 1.57 bits per heavy atom. The SMILES string of the molecule is C=C(C)/C=C(/C)S. The molecule has 0 spiro atoms. The van der Waals surface area contributed by atoms with Gasteiger partial charge >= 0.3 is 0 Å². The lowest BCUT2D eigenvalue weighted by atomic mass is 10.3. The fourth-order valence-electron chi connectivity index (χ4n) is 0.357. The summed E-state index contributed by atoms with van der Waals surface area (Å²) in [6.07, 6.45) is 1.92. The minimum absolute atomic E-state index is 1.01. The molecule has 0 aliphatic carbocycles. The monoisotopic (exact) mass is 114 g/mol. The fourth-order valence-corrected chi connectivity index (χ4v) is 0.577. The second-order valence-electron chi connectivity index (χ2n) is 1.63. The molecule has 0 N–H and O–H groups in total. The van der Waals surface area contributed by atoms with Crippen LogP contribution in [0, 0.1) is 0 Å². The number of hydrogen-bond acceptors (Lipinski definition) is 1. The van der Waals surface area contributed by atoms with Gasteiger partial charge in [-0.2, -0.15) is 0 Å². The van der Waals surface area contributed by atoms with Crippen molar-refractivity contribution in [3.05, 3.63) is 23.1 Å². The summed E-state index contributed by atoms with van der Waals surface area (Å²) >= 11 is 4.04. The van der Waals surface area contributed by atoms with E-state index in [1.54, 1.807) is 0 Å². The maximum absolute atomic E-state index is 4.04.